The average Bonchev–Trinajstić information content (AvgIpc) is 3.49. The molecule has 1 N–H and O–H groups in total. The number of ether oxygens (including phenoxy) is 1. The smallest absolute Gasteiger partial charge is 0.416 e. The number of likely N-dealkylation sites (tertiary alicyclic amines) is 1. The molecular formula is C22H26F3N5O. The first kappa shape index (κ1) is 21.4. The van der Waals surface area contributed by atoms with Crippen LogP contribution in [-0.2, 0) is 25.7 Å². The number of hydrogen-bond donors (Lipinski definition) is 1. The minimum absolute atomic E-state index is 0.214. The van der Waals surface area contributed by atoms with Gasteiger partial charge in [0.2, 0.25) is 0 Å². The summed E-state index contributed by atoms with van der Waals surface area (Å²) in [5.74, 6) is 1.66. The van der Waals surface area contributed by atoms with E-state index in [4.69, 9.17) is 4.74 Å². The first-order valence-electron chi connectivity index (χ1n) is 10.5. The van der Waals surface area contributed by atoms with Crippen molar-refractivity contribution in [1.29, 1.82) is 0 Å². The number of aromatic nitrogens is 4. The molecule has 0 radical (unpaired) electrons. The zero-order valence-electron chi connectivity index (χ0n) is 17.4. The van der Waals surface area contributed by atoms with Crippen molar-refractivity contribution in [2.45, 2.75) is 44.9 Å². The first-order valence-corrected chi connectivity index (χ1v) is 10.5. The van der Waals surface area contributed by atoms with Crippen molar-refractivity contribution in [2.75, 3.05) is 19.7 Å². The molecule has 1 aromatic carbocycles. The van der Waals surface area contributed by atoms with E-state index in [1.807, 2.05) is 18.5 Å². The number of halogens is 3. The minimum Gasteiger partial charge on any atom is -0.493 e. The topological polar surface area (TPSA) is 59.0 Å². The van der Waals surface area contributed by atoms with Crippen molar-refractivity contribution in [3.63, 3.8) is 0 Å². The summed E-state index contributed by atoms with van der Waals surface area (Å²) < 4.78 is 46.1. The molecule has 1 aliphatic heterocycles. The molecule has 4 rings (SSSR count). The van der Waals surface area contributed by atoms with Gasteiger partial charge in [0.15, 0.2) is 0 Å². The van der Waals surface area contributed by atoms with Crippen LogP contribution in [0.3, 0.4) is 0 Å². The van der Waals surface area contributed by atoms with Gasteiger partial charge in [-0.25, -0.2) is 4.98 Å². The molecule has 1 saturated heterocycles. The SMILES string of the molecule is CCn1ccnc1CN1CC[C@@H](c2cc(CCOc3cccc(C(F)(F)F)c3)[nH]n2)C1. The molecule has 3 aromatic rings. The maximum Gasteiger partial charge on any atom is 0.416 e. The van der Waals surface area contributed by atoms with E-state index in [2.05, 4.69) is 31.6 Å². The first-order chi connectivity index (χ1) is 14.9. The van der Waals surface area contributed by atoms with Gasteiger partial charge in [-0.1, -0.05) is 6.07 Å². The Kier molecular flexibility index (Phi) is 6.31. The minimum atomic E-state index is -4.37. The molecule has 0 bridgehead atoms. The van der Waals surface area contributed by atoms with Gasteiger partial charge in [0.25, 0.3) is 0 Å². The third-order valence-corrected chi connectivity index (χ3v) is 5.65. The van der Waals surface area contributed by atoms with Gasteiger partial charge in [-0.05, 0) is 44.2 Å². The summed E-state index contributed by atoms with van der Waals surface area (Å²) in [5.41, 5.74) is 1.23. The molecule has 166 valence electrons. The van der Waals surface area contributed by atoms with Crippen LogP contribution < -0.4 is 4.74 Å². The predicted octanol–water partition coefficient (Wildman–Crippen LogP) is 4.26. The Hall–Kier alpha value is -2.81. The second kappa shape index (κ2) is 9.13. The number of rotatable bonds is 8. The zero-order valence-corrected chi connectivity index (χ0v) is 17.4. The number of aryl methyl sites for hydroxylation is 1. The number of aromatic amines is 1. The predicted molar refractivity (Wildman–Crippen MR) is 110 cm³/mol. The van der Waals surface area contributed by atoms with Crippen LogP contribution in [0.1, 0.15) is 42.0 Å². The van der Waals surface area contributed by atoms with Crippen LogP contribution in [0.4, 0.5) is 13.2 Å². The van der Waals surface area contributed by atoms with Gasteiger partial charge in [-0.15, -0.1) is 0 Å². The maximum absolute atomic E-state index is 12.8. The lowest BCUT2D eigenvalue weighted by atomic mass is 10.0. The molecule has 2 aromatic heterocycles. The summed E-state index contributed by atoms with van der Waals surface area (Å²) >= 11 is 0. The summed E-state index contributed by atoms with van der Waals surface area (Å²) in [6, 6.07) is 6.98. The van der Waals surface area contributed by atoms with E-state index < -0.39 is 11.7 Å². The summed E-state index contributed by atoms with van der Waals surface area (Å²) in [6.45, 7) is 6.07. The number of hydrogen-bond acceptors (Lipinski definition) is 4. The van der Waals surface area contributed by atoms with Gasteiger partial charge in [0, 0.05) is 43.5 Å². The largest absolute Gasteiger partial charge is 0.493 e. The molecule has 9 heteroatoms. The van der Waals surface area contributed by atoms with Gasteiger partial charge in [-0.2, -0.15) is 18.3 Å². The zero-order chi connectivity index (χ0) is 21.8. The number of nitrogens with one attached hydrogen (secondary N) is 1. The highest BCUT2D eigenvalue weighted by Crippen LogP contribution is 2.31. The van der Waals surface area contributed by atoms with E-state index in [0.29, 0.717) is 12.3 Å². The van der Waals surface area contributed by atoms with Crippen LogP contribution in [0, 0.1) is 0 Å². The van der Waals surface area contributed by atoms with Crippen LogP contribution in [0.2, 0.25) is 0 Å². The number of imidazole rings is 1. The molecule has 6 nitrogen and oxygen atoms in total. The van der Waals surface area contributed by atoms with Crippen LogP contribution in [0.25, 0.3) is 0 Å². The fourth-order valence-corrected chi connectivity index (χ4v) is 3.95. The van der Waals surface area contributed by atoms with Crippen molar-refractivity contribution in [3.05, 3.63) is 65.5 Å². The van der Waals surface area contributed by atoms with E-state index in [1.165, 1.54) is 12.1 Å². The van der Waals surface area contributed by atoms with Gasteiger partial charge in [0.1, 0.15) is 11.6 Å². The Morgan fingerprint density at radius 3 is 2.94 bits per heavy atom. The molecule has 0 spiro atoms. The Balaban J connectivity index is 1.27. The van der Waals surface area contributed by atoms with Gasteiger partial charge < -0.3 is 9.30 Å². The molecule has 1 fully saturated rings. The molecule has 0 aliphatic carbocycles. The molecule has 3 heterocycles. The number of benzene rings is 1. The summed E-state index contributed by atoms with van der Waals surface area (Å²) in [7, 11) is 0. The fraction of sp³-hybridized carbons (Fsp3) is 0.455. The quantitative estimate of drug-likeness (QED) is 0.577. The van der Waals surface area contributed by atoms with E-state index in [-0.39, 0.29) is 12.4 Å². The lowest BCUT2D eigenvalue weighted by molar-refractivity contribution is -0.137. The Morgan fingerprint density at radius 2 is 2.13 bits per heavy atom. The molecule has 0 unspecified atom stereocenters. The van der Waals surface area contributed by atoms with E-state index in [1.54, 1.807) is 0 Å². The number of H-pyrrole nitrogens is 1. The molecule has 31 heavy (non-hydrogen) atoms. The molecule has 0 amide bonds. The molecular weight excluding hydrogens is 407 g/mol. The molecule has 0 saturated carbocycles. The number of alkyl halides is 3. The van der Waals surface area contributed by atoms with Gasteiger partial charge in [0.05, 0.1) is 24.4 Å². The number of nitrogens with zero attached hydrogens (tertiary/aromatic N) is 4. The van der Waals surface area contributed by atoms with Crippen molar-refractivity contribution in [2.24, 2.45) is 0 Å². The van der Waals surface area contributed by atoms with Crippen LogP contribution in [0.5, 0.6) is 5.75 Å². The van der Waals surface area contributed by atoms with E-state index >= 15 is 0 Å². The van der Waals surface area contributed by atoms with E-state index in [0.717, 1.165) is 61.9 Å². The highest BCUT2D eigenvalue weighted by atomic mass is 19.4. The van der Waals surface area contributed by atoms with Crippen molar-refractivity contribution in [1.82, 2.24) is 24.6 Å². The van der Waals surface area contributed by atoms with Gasteiger partial charge in [-0.3, -0.25) is 10.00 Å². The van der Waals surface area contributed by atoms with Crippen LogP contribution >= 0.6 is 0 Å². The molecule has 1 atom stereocenters. The lowest BCUT2D eigenvalue weighted by Gasteiger charge is -2.15. The van der Waals surface area contributed by atoms with E-state index in [9.17, 15) is 13.2 Å². The summed E-state index contributed by atoms with van der Waals surface area (Å²) in [6.07, 6.45) is 1.06. The van der Waals surface area contributed by atoms with Crippen LogP contribution in [-0.4, -0.2) is 44.3 Å². The van der Waals surface area contributed by atoms with Crippen molar-refractivity contribution >= 4 is 0 Å². The highest BCUT2D eigenvalue weighted by Gasteiger charge is 2.30. The van der Waals surface area contributed by atoms with Crippen molar-refractivity contribution in [3.8, 4) is 5.75 Å². The monoisotopic (exact) mass is 433 g/mol. The Bertz CT molecular complexity index is 997. The second-order valence-electron chi connectivity index (χ2n) is 7.79. The maximum atomic E-state index is 12.8. The normalized spacial score (nSPS) is 17.4. The average molecular weight is 433 g/mol. The third-order valence-electron chi connectivity index (χ3n) is 5.65. The fourth-order valence-electron chi connectivity index (χ4n) is 3.95. The summed E-state index contributed by atoms with van der Waals surface area (Å²) in [5, 5.41) is 7.50. The Labute approximate surface area is 179 Å². The van der Waals surface area contributed by atoms with Crippen molar-refractivity contribution < 1.29 is 17.9 Å². The highest BCUT2D eigenvalue weighted by molar-refractivity contribution is 5.30. The lowest BCUT2D eigenvalue weighted by Crippen LogP contribution is -2.22. The van der Waals surface area contributed by atoms with Crippen LogP contribution in [0.15, 0.2) is 42.7 Å². The second-order valence-corrected chi connectivity index (χ2v) is 7.79. The third kappa shape index (κ3) is 5.28. The Morgan fingerprint density at radius 1 is 1.26 bits per heavy atom. The molecule has 1 aliphatic rings. The summed E-state index contributed by atoms with van der Waals surface area (Å²) in [4.78, 5) is 6.85. The standard InChI is InChI=1S/C22H26F3N5O/c1-2-30-10-8-26-21(30)15-29-9-6-16(14-29)20-13-18(27-28-20)7-11-31-19-5-3-4-17(12-19)22(23,24)25/h3-5,8,10,12-13,16H,2,6-7,9,11,14-15H2,1H3,(H,27,28)/t16-/m1/s1. The van der Waals surface area contributed by atoms with Gasteiger partial charge >= 0.3 is 6.18 Å².